The molecule has 1 amide bonds. The van der Waals surface area contributed by atoms with Gasteiger partial charge in [0.05, 0.1) is 11.3 Å². The fourth-order valence-corrected chi connectivity index (χ4v) is 3.48. The first kappa shape index (κ1) is 19.6. The molecule has 1 N–H and O–H groups in total. The average Bonchev–Trinajstić information content (AvgIpc) is 2.47. The zero-order valence-corrected chi connectivity index (χ0v) is 15.6. The van der Waals surface area contributed by atoms with E-state index in [1.165, 1.54) is 12.5 Å². The molecule has 1 aromatic carbocycles. The predicted octanol–water partition coefficient (Wildman–Crippen LogP) is 1.93. The highest BCUT2D eigenvalue weighted by atomic mass is 32.2. The highest BCUT2D eigenvalue weighted by Gasteiger charge is 2.31. The maximum Gasteiger partial charge on any atom is 0.238 e. The summed E-state index contributed by atoms with van der Waals surface area (Å²) in [6.07, 6.45) is 0. The summed E-state index contributed by atoms with van der Waals surface area (Å²) in [6.45, 7) is 7.02. The van der Waals surface area contributed by atoms with E-state index >= 15 is 0 Å². The highest BCUT2D eigenvalue weighted by Crippen LogP contribution is 2.18. The minimum atomic E-state index is -3.44. The Labute approximate surface area is 140 Å². The number of nitrogens with one attached hydrogen (secondary N) is 1. The maximum absolute atomic E-state index is 12.2. The van der Waals surface area contributed by atoms with Gasteiger partial charge in [0.2, 0.25) is 5.91 Å². The van der Waals surface area contributed by atoms with E-state index < -0.39 is 26.2 Å². The Morgan fingerprint density at radius 3 is 2.09 bits per heavy atom. The summed E-state index contributed by atoms with van der Waals surface area (Å²) in [4.78, 5) is 14.2. The molecule has 0 aliphatic heterocycles. The molecule has 0 unspecified atom stereocenters. The van der Waals surface area contributed by atoms with Gasteiger partial charge in [-0.05, 0) is 47.4 Å². The SMILES string of the molecule is Cc1ccc([C@@H](CNC(=O)[C@@H](C)S(=O)(=O)C(C)C)N(C)C)cc1. The number of benzene rings is 1. The molecule has 0 aliphatic rings. The molecular weight excluding hydrogens is 312 g/mol. The molecule has 1 aromatic rings. The molecule has 0 fully saturated rings. The number of hydrogen-bond donors (Lipinski definition) is 1. The summed E-state index contributed by atoms with van der Waals surface area (Å²) >= 11 is 0. The topological polar surface area (TPSA) is 66.5 Å². The Hall–Kier alpha value is -1.40. The van der Waals surface area contributed by atoms with E-state index in [-0.39, 0.29) is 6.04 Å². The average molecular weight is 340 g/mol. The Morgan fingerprint density at radius 1 is 1.13 bits per heavy atom. The second kappa shape index (κ2) is 7.93. The van der Waals surface area contributed by atoms with Crippen LogP contribution in [-0.2, 0) is 14.6 Å². The molecule has 0 radical (unpaired) electrons. The highest BCUT2D eigenvalue weighted by molar-refractivity contribution is 7.93. The minimum Gasteiger partial charge on any atom is -0.353 e. The van der Waals surface area contributed by atoms with Gasteiger partial charge in [-0.25, -0.2) is 8.42 Å². The van der Waals surface area contributed by atoms with Crippen molar-refractivity contribution >= 4 is 15.7 Å². The van der Waals surface area contributed by atoms with Gasteiger partial charge < -0.3 is 10.2 Å². The lowest BCUT2D eigenvalue weighted by molar-refractivity contribution is -0.120. The minimum absolute atomic E-state index is 0.00601. The van der Waals surface area contributed by atoms with Crippen molar-refractivity contribution in [2.75, 3.05) is 20.6 Å². The van der Waals surface area contributed by atoms with E-state index in [1.54, 1.807) is 13.8 Å². The quantitative estimate of drug-likeness (QED) is 0.823. The van der Waals surface area contributed by atoms with Gasteiger partial charge in [0, 0.05) is 6.54 Å². The summed E-state index contributed by atoms with van der Waals surface area (Å²) in [5.74, 6) is -0.447. The third-order valence-corrected chi connectivity index (χ3v) is 6.59. The number of amides is 1. The fraction of sp³-hybridized carbons (Fsp3) is 0.588. The lowest BCUT2D eigenvalue weighted by Gasteiger charge is -2.26. The number of likely N-dealkylation sites (N-methyl/N-ethyl adjacent to an activating group) is 1. The summed E-state index contributed by atoms with van der Waals surface area (Å²) in [5.41, 5.74) is 2.26. The van der Waals surface area contributed by atoms with Crippen molar-refractivity contribution in [2.24, 2.45) is 0 Å². The number of rotatable bonds is 7. The van der Waals surface area contributed by atoms with Crippen LogP contribution in [0.25, 0.3) is 0 Å². The van der Waals surface area contributed by atoms with E-state index in [1.807, 2.05) is 50.2 Å². The van der Waals surface area contributed by atoms with Crippen LogP contribution in [0.1, 0.15) is 37.9 Å². The molecule has 0 saturated carbocycles. The Morgan fingerprint density at radius 2 is 1.65 bits per heavy atom. The van der Waals surface area contributed by atoms with E-state index in [0.717, 1.165) is 5.56 Å². The summed E-state index contributed by atoms with van der Waals surface area (Å²) < 4.78 is 24.2. The second-order valence-electron chi connectivity index (χ2n) is 6.42. The zero-order valence-electron chi connectivity index (χ0n) is 14.8. The van der Waals surface area contributed by atoms with Gasteiger partial charge in [0.1, 0.15) is 5.25 Å². The van der Waals surface area contributed by atoms with Crippen LogP contribution >= 0.6 is 0 Å². The van der Waals surface area contributed by atoms with Gasteiger partial charge in [-0.1, -0.05) is 29.8 Å². The van der Waals surface area contributed by atoms with Crippen molar-refractivity contribution in [1.82, 2.24) is 10.2 Å². The van der Waals surface area contributed by atoms with Crippen LogP contribution < -0.4 is 5.32 Å². The van der Waals surface area contributed by atoms with E-state index in [2.05, 4.69) is 5.32 Å². The molecule has 0 aliphatic carbocycles. The van der Waals surface area contributed by atoms with Crippen LogP contribution in [0.15, 0.2) is 24.3 Å². The van der Waals surface area contributed by atoms with Gasteiger partial charge in [-0.3, -0.25) is 4.79 Å². The summed E-state index contributed by atoms with van der Waals surface area (Å²) in [6, 6.07) is 8.10. The molecule has 2 atom stereocenters. The lowest BCUT2D eigenvalue weighted by Crippen LogP contribution is -2.43. The van der Waals surface area contributed by atoms with E-state index in [4.69, 9.17) is 0 Å². The van der Waals surface area contributed by atoms with Gasteiger partial charge in [-0.15, -0.1) is 0 Å². The van der Waals surface area contributed by atoms with Gasteiger partial charge >= 0.3 is 0 Å². The first-order chi connectivity index (χ1) is 10.6. The molecular formula is C17H28N2O3S. The van der Waals surface area contributed by atoms with Crippen LogP contribution in [0.2, 0.25) is 0 Å². The molecule has 23 heavy (non-hydrogen) atoms. The Bertz CT molecular complexity index is 622. The van der Waals surface area contributed by atoms with Crippen molar-refractivity contribution < 1.29 is 13.2 Å². The van der Waals surface area contributed by atoms with Crippen LogP contribution in [0.5, 0.6) is 0 Å². The molecule has 130 valence electrons. The Balaban J connectivity index is 2.80. The molecule has 0 spiro atoms. The number of carbonyl (C=O) groups excluding carboxylic acids is 1. The van der Waals surface area contributed by atoms with Crippen molar-refractivity contribution in [3.8, 4) is 0 Å². The molecule has 5 nitrogen and oxygen atoms in total. The fourth-order valence-electron chi connectivity index (χ4n) is 2.29. The number of carbonyl (C=O) groups is 1. The number of hydrogen-bond acceptors (Lipinski definition) is 4. The monoisotopic (exact) mass is 340 g/mol. The van der Waals surface area contributed by atoms with Crippen LogP contribution in [-0.4, -0.2) is 50.4 Å². The van der Waals surface area contributed by atoms with Crippen LogP contribution in [0, 0.1) is 6.92 Å². The van der Waals surface area contributed by atoms with Gasteiger partial charge in [0.15, 0.2) is 9.84 Å². The molecule has 0 saturated heterocycles. The molecule has 0 aromatic heterocycles. The second-order valence-corrected chi connectivity index (χ2v) is 9.24. The molecule has 0 heterocycles. The molecule has 6 heteroatoms. The van der Waals surface area contributed by atoms with Crippen molar-refractivity contribution in [3.05, 3.63) is 35.4 Å². The van der Waals surface area contributed by atoms with Crippen LogP contribution in [0.4, 0.5) is 0 Å². The Kier molecular flexibility index (Phi) is 6.77. The smallest absolute Gasteiger partial charge is 0.238 e. The standard InChI is InChI=1S/C17H28N2O3S/c1-12(2)23(21,22)14(4)17(20)18-11-16(19(5)6)15-9-7-13(3)8-10-15/h7-10,12,14,16H,11H2,1-6H3,(H,18,20)/t14-,16-/m1/s1. The first-order valence-electron chi connectivity index (χ1n) is 7.80. The molecule has 1 rings (SSSR count). The predicted molar refractivity (Wildman–Crippen MR) is 94.1 cm³/mol. The summed E-state index contributed by atoms with van der Waals surface area (Å²) in [5, 5.41) is 1.17. The van der Waals surface area contributed by atoms with Crippen LogP contribution in [0.3, 0.4) is 0 Å². The lowest BCUT2D eigenvalue weighted by atomic mass is 10.0. The van der Waals surface area contributed by atoms with Gasteiger partial charge in [0.25, 0.3) is 0 Å². The number of aryl methyl sites for hydroxylation is 1. The van der Waals surface area contributed by atoms with Crippen molar-refractivity contribution in [2.45, 2.75) is 44.2 Å². The van der Waals surface area contributed by atoms with E-state index in [9.17, 15) is 13.2 Å². The maximum atomic E-state index is 12.2. The molecule has 0 bridgehead atoms. The number of sulfone groups is 1. The van der Waals surface area contributed by atoms with Crippen molar-refractivity contribution in [3.63, 3.8) is 0 Å². The van der Waals surface area contributed by atoms with E-state index in [0.29, 0.717) is 6.54 Å². The third kappa shape index (κ3) is 5.04. The zero-order chi connectivity index (χ0) is 17.8. The first-order valence-corrected chi connectivity index (χ1v) is 9.41. The van der Waals surface area contributed by atoms with Gasteiger partial charge in [-0.2, -0.15) is 0 Å². The summed E-state index contributed by atoms with van der Waals surface area (Å²) in [7, 11) is 0.431. The number of nitrogens with zero attached hydrogens (tertiary/aromatic N) is 1. The largest absolute Gasteiger partial charge is 0.353 e. The third-order valence-electron chi connectivity index (χ3n) is 4.07. The van der Waals surface area contributed by atoms with Crippen molar-refractivity contribution in [1.29, 1.82) is 0 Å². The normalized spacial score (nSPS) is 14.8.